The van der Waals surface area contributed by atoms with Gasteiger partial charge in [-0.3, -0.25) is 0 Å². The van der Waals surface area contributed by atoms with Gasteiger partial charge >= 0.3 is 0 Å². The van der Waals surface area contributed by atoms with Gasteiger partial charge in [-0.25, -0.2) is 5.18 Å². The minimum Gasteiger partial charge on any atom is -0.514 e. The Kier molecular flexibility index (Phi) is 16.3. The Morgan fingerprint density at radius 1 is 1.60 bits per heavy atom. The Hall–Kier alpha value is -0.224. The van der Waals surface area contributed by atoms with Gasteiger partial charge in [0.05, 0.1) is 0 Å². The molecule has 0 aromatic carbocycles. The fourth-order valence-corrected chi connectivity index (χ4v) is 0. The van der Waals surface area contributed by atoms with Crippen LogP contribution in [0, 0.1) is 4.91 Å². The van der Waals surface area contributed by atoms with Crippen molar-refractivity contribution in [2.45, 2.75) is 0 Å². The summed E-state index contributed by atoms with van der Waals surface area (Å²) in [6.45, 7) is 0. The van der Waals surface area contributed by atoms with Gasteiger partial charge in [0, 0.05) is 16.8 Å². The molecule has 0 rings (SSSR count). The van der Waals surface area contributed by atoms with Gasteiger partial charge in [0.1, 0.15) is 0 Å². The smallest absolute Gasteiger partial charge is 0 e. The van der Waals surface area contributed by atoms with Crippen LogP contribution in [0.25, 0.3) is 0 Å². The third-order valence-electron chi connectivity index (χ3n) is 0.0373. The van der Waals surface area contributed by atoms with Gasteiger partial charge in [-0.2, -0.15) is 4.91 Å². The van der Waals surface area contributed by atoms with Crippen LogP contribution in [-0.2, 0) is 21.6 Å². The van der Waals surface area contributed by atoms with E-state index in [9.17, 15) is 0 Å². The van der Waals surface area contributed by atoms with Gasteiger partial charge in [-0.05, 0) is 0 Å². The molecular weight excluding hydrogens is 117 g/mol. The second kappa shape index (κ2) is 9.22. The molecule has 0 aliphatic rings. The molecule has 0 aromatic rings. The van der Waals surface area contributed by atoms with Crippen molar-refractivity contribution in [1.29, 1.82) is 0 Å². The molecule has 31 valence electrons. The Bertz CT molecular complexity index is 30.6. The summed E-state index contributed by atoms with van der Waals surface area (Å²) in [6, 6.07) is 0. The molecule has 0 fully saturated rings. The first-order valence-corrected chi connectivity index (χ1v) is 0.610. The van der Waals surface area contributed by atoms with Crippen molar-refractivity contribution < 1.29 is 21.6 Å². The molecule has 1 radical (unpaired) electrons. The number of nitrogens with zero attached hydrogens (tertiary/aromatic N) is 1. The van der Waals surface area contributed by atoms with Gasteiger partial charge in [0.25, 0.3) is 0 Å². The maximum atomic E-state index is 8.57. The SMILES string of the molecule is O=[C-]N=O.[Co]. The third-order valence-corrected chi connectivity index (χ3v) is 0.0373. The van der Waals surface area contributed by atoms with Crippen LogP contribution in [0.4, 0.5) is 0 Å². The van der Waals surface area contributed by atoms with Gasteiger partial charge in [-0.15, -0.1) is 0 Å². The van der Waals surface area contributed by atoms with E-state index in [2.05, 4.69) is 0 Å². The molecular formula is CCoNO2-. The molecule has 0 N–H and O–H groups in total. The number of hydrogen-bond acceptors (Lipinski definition) is 2. The third kappa shape index (κ3) is 19.8. The second-order valence-corrected chi connectivity index (χ2v) is 0.183. The first kappa shape index (κ1) is 8.84. The molecule has 0 saturated heterocycles. The van der Waals surface area contributed by atoms with Crippen LogP contribution >= 0.6 is 0 Å². The zero-order chi connectivity index (χ0) is 3.41. The molecule has 5 heavy (non-hydrogen) atoms. The van der Waals surface area contributed by atoms with E-state index in [0.717, 1.165) is 6.41 Å². The summed E-state index contributed by atoms with van der Waals surface area (Å²) in [6.07, 6.45) is 0.750. The van der Waals surface area contributed by atoms with Crippen molar-refractivity contribution in [1.82, 2.24) is 0 Å². The Morgan fingerprint density at radius 3 is 1.80 bits per heavy atom. The largest absolute Gasteiger partial charge is 0.514 e. The Balaban J connectivity index is 0. The van der Waals surface area contributed by atoms with E-state index in [1.165, 1.54) is 0 Å². The summed E-state index contributed by atoms with van der Waals surface area (Å²) in [5, 5.41) is 1.68. The number of amides is 1. The van der Waals surface area contributed by atoms with E-state index in [1.807, 2.05) is 0 Å². The van der Waals surface area contributed by atoms with Crippen molar-refractivity contribution in [3.63, 3.8) is 0 Å². The van der Waals surface area contributed by atoms with Crippen molar-refractivity contribution in [3.8, 4) is 0 Å². The molecule has 0 atom stereocenters. The van der Waals surface area contributed by atoms with Crippen LogP contribution in [0.15, 0.2) is 5.18 Å². The molecule has 0 saturated carbocycles. The zero-order valence-electron chi connectivity index (χ0n) is 2.10. The maximum absolute atomic E-state index is 8.57. The van der Waals surface area contributed by atoms with E-state index < -0.39 is 0 Å². The monoisotopic (exact) mass is 117 g/mol. The van der Waals surface area contributed by atoms with Gasteiger partial charge in [0.15, 0.2) is 0 Å². The zero-order valence-corrected chi connectivity index (χ0v) is 3.14. The van der Waals surface area contributed by atoms with Crippen molar-refractivity contribution in [2.24, 2.45) is 5.18 Å². The summed E-state index contributed by atoms with van der Waals surface area (Å²) in [4.78, 5) is 17.1. The van der Waals surface area contributed by atoms with E-state index in [0.29, 0.717) is 0 Å². The molecule has 0 aliphatic carbocycles. The van der Waals surface area contributed by atoms with Crippen LogP contribution in [0.3, 0.4) is 0 Å². The van der Waals surface area contributed by atoms with Gasteiger partial charge < -0.3 is 4.79 Å². The summed E-state index contributed by atoms with van der Waals surface area (Å²) in [5.74, 6) is 0. The van der Waals surface area contributed by atoms with Crippen LogP contribution < -0.4 is 0 Å². The molecule has 0 bridgehead atoms. The number of nitroso groups, excluding NO2 is 1. The predicted molar refractivity (Wildman–Crippen MR) is 11.5 cm³/mol. The quantitative estimate of drug-likeness (QED) is 0.353. The first-order chi connectivity index (χ1) is 1.91. The van der Waals surface area contributed by atoms with Crippen molar-refractivity contribution in [2.75, 3.05) is 0 Å². The number of hydrogen-bond donors (Lipinski definition) is 0. The normalized spacial score (nSPS) is 4.00. The number of rotatable bonds is 1. The fourth-order valence-electron chi connectivity index (χ4n) is 0. The summed E-state index contributed by atoms with van der Waals surface area (Å²) >= 11 is 0. The average molecular weight is 117 g/mol. The standard InChI is InChI=1S/CNO2.Co/c3-1-2-4;/q-1;. The molecule has 0 aliphatic heterocycles. The van der Waals surface area contributed by atoms with Crippen LogP contribution in [-0.4, -0.2) is 6.41 Å². The van der Waals surface area contributed by atoms with Crippen LogP contribution in [0.5, 0.6) is 0 Å². The first-order valence-electron chi connectivity index (χ1n) is 0.610. The predicted octanol–water partition coefficient (Wildman–Crippen LogP) is -0.182. The fraction of sp³-hybridized carbons (Fsp3) is 0. The minimum absolute atomic E-state index is 0. The second-order valence-electron chi connectivity index (χ2n) is 0.183. The Labute approximate surface area is 38.9 Å². The molecule has 0 heterocycles. The van der Waals surface area contributed by atoms with Crippen molar-refractivity contribution in [3.05, 3.63) is 4.91 Å². The maximum Gasteiger partial charge on any atom is 0 e. The van der Waals surface area contributed by atoms with Crippen LogP contribution in [0.1, 0.15) is 0 Å². The molecule has 0 unspecified atom stereocenters. The van der Waals surface area contributed by atoms with E-state index in [4.69, 9.17) is 9.70 Å². The topological polar surface area (TPSA) is 46.5 Å². The summed E-state index contributed by atoms with van der Waals surface area (Å²) in [5.41, 5.74) is 0. The van der Waals surface area contributed by atoms with Crippen molar-refractivity contribution >= 4 is 6.41 Å². The van der Waals surface area contributed by atoms with Gasteiger partial charge in [-0.1, -0.05) is 6.41 Å². The molecule has 3 nitrogen and oxygen atoms in total. The van der Waals surface area contributed by atoms with Crippen LogP contribution in [0.2, 0.25) is 0 Å². The minimum atomic E-state index is 0. The van der Waals surface area contributed by atoms with E-state index in [-0.39, 0.29) is 16.8 Å². The Morgan fingerprint density at radius 2 is 1.80 bits per heavy atom. The summed E-state index contributed by atoms with van der Waals surface area (Å²) < 4.78 is 0. The molecule has 0 aromatic heterocycles. The van der Waals surface area contributed by atoms with Gasteiger partial charge in [0.2, 0.25) is 0 Å². The van der Waals surface area contributed by atoms with E-state index in [1.54, 1.807) is 5.18 Å². The molecule has 0 spiro atoms. The summed E-state index contributed by atoms with van der Waals surface area (Å²) in [7, 11) is 0. The number of carbonyl (C=O) groups excluding carboxylic acids is 1. The average Bonchev–Trinajstić information content (AvgIpc) is 1.37. The van der Waals surface area contributed by atoms with E-state index >= 15 is 0 Å². The molecule has 1 amide bonds. The molecule has 4 heteroatoms.